The number of benzene rings is 1. The molecule has 1 unspecified atom stereocenters. The van der Waals surface area contributed by atoms with Gasteiger partial charge < -0.3 is 5.11 Å². The van der Waals surface area contributed by atoms with Crippen molar-refractivity contribution < 1.29 is 18.3 Å². The maximum atomic E-state index is 14.0. The van der Waals surface area contributed by atoms with Crippen LogP contribution in [0.1, 0.15) is 18.1 Å². The quantitative estimate of drug-likeness (QED) is 0.854. The number of rotatable bonds is 2. The van der Waals surface area contributed by atoms with Gasteiger partial charge in [-0.25, -0.2) is 13.2 Å². The largest absolute Gasteiger partial charge is 0.380 e. The molecule has 0 fully saturated rings. The topological polar surface area (TPSA) is 33.1 Å². The zero-order chi connectivity index (χ0) is 14.2. The highest BCUT2D eigenvalue weighted by Crippen LogP contribution is 2.35. The van der Waals surface area contributed by atoms with Crippen molar-refractivity contribution >= 4 is 15.9 Å². The second-order valence-corrected chi connectivity index (χ2v) is 5.04. The van der Waals surface area contributed by atoms with E-state index in [0.29, 0.717) is 0 Å². The van der Waals surface area contributed by atoms with Crippen molar-refractivity contribution in [2.75, 3.05) is 0 Å². The Kier molecular flexibility index (Phi) is 3.64. The molecular weight excluding hydrogens is 323 g/mol. The highest BCUT2D eigenvalue weighted by Gasteiger charge is 2.33. The summed E-state index contributed by atoms with van der Waals surface area (Å²) >= 11 is 2.92. The van der Waals surface area contributed by atoms with Crippen LogP contribution in [0.5, 0.6) is 0 Å². The number of aromatic nitrogens is 1. The Hall–Kier alpha value is -1.40. The maximum Gasteiger partial charge on any atom is 0.146 e. The zero-order valence-corrected chi connectivity index (χ0v) is 11.4. The van der Waals surface area contributed by atoms with Crippen molar-refractivity contribution in [1.29, 1.82) is 0 Å². The van der Waals surface area contributed by atoms with E-state index in [1.54, 1.807) is 0 Å². The Balaban J connectivity index is 2.66. The van der Waals surface area contributed by atoms with Gasteiger partial charge >= 0.3 is 0 Å². The summed E-state index contributed by atoms with van der Waals surface area (Å²) in [5.41, 5.74) is -2.63. The molecule has 0 saturated carbocycles. The number of nitrogens with zero attached hydrogens (tertiary/aromatic N) is 1. The Morgan fingerprint density at radius 3 is 2.53 bits per heavy atom. The monoisotopic (exact) mass is 331 g/mol. The predicted molar refractivity (Wildman–Crippen MR) is 66.9 cm³/mol. The molecule has 1 atom stereocenters. The van der Waals surface area contributed by atoms with Crippen LogP contribution in [0.15, 0.2) is 35.1 Å². The molecule has 6 heteroatoms. The van der Waals surface area contributed by atoms with Crippen LogP contribution in [-0.2, 0) is 5.60 Å². The van der Waals surface area contributed by atoms with Gasteiger partial charge in [0.25, 0.3) is 0 Å². The summed E-state index contributed by atoms with van der Waals surface area (Å²) in [6, 6.07) is 3.19. The van der Waals surface area contributed by atoms with Gasteiger partial charge in [0.1, 0.15) is 23.1 Å². The molecule has 0 saturated heterocycles. The first-order chi connectivity index (χ1) is 8.84. The van der Waals surface area contributed by atoms with Gasteiger partial charge in [-0.1, -0.05) is 0 Å². The van der Waals surface area contributed by atoms with Gasteiger partial charge in [0.05, 0.1) is 16.2 Å². The summed E-state index contributed by atoms with van der Waals surface area (Å²) in [4.78, 5) is 3.57. The average Bonchev–Trinajstić information content (AvgIpc) is 2.34. The zero-order valence-electron chi connectivity index (χ0n) is 9.79. The third kappa shape index (κ3) is 2.50. The van der Waals surface area contributed by atoms with Crippen LogP contribution in [0, 0.1) is 17.5 Å². The van der Waals surface area contributed by atoms with Crippen LogP contribution in [0.2, 0.25) is 0 Å². The lowest BCUT2D eigenvalue weighted by atomic mass is 9.88. The van der Waals surface area contributed by atoms with Crippen LogP contribution in [0.4, 0.5) is 13.2 Å². The van der Waals surface area contributed by atoms with Gasteiger partial charge in [0.2, 0.25) is 0 Å². The number of halogens is 4. The Labute approximate surface area is 116 Å². The van der Waals surface area contributed by atoms with E-state index >= 15 is 0 Å². The molecular formula is C13H9BrF3NO. The van der Waals surface area contributed by atoms with Crippen molar-refractivity contribution in [3.8, 4) is 0 Å². The first kappa shape index (κ1) is 14.0. The summed E-state index contributed by atoms with van der Waals surface area (Å²) in [5.74, 6) is -2.56. The van der Waals surface area contributed by atoms with Crippen molar-refractivity contribution in [2.45, 2.75) is 12.5 Å². The van der Waals surface area contributed by atoms with Crippen LogP contribution in [0.25, 0.3) is 0 Å². The molecule has 2 aromatic rings. The van der Waals surface area contributed by atoms with E-state index in [1.165, 1.54) is 13.0 Å². The summed E-state index contributed by atoms with van der Waals surface area (Å²) in [6.45, 7) is 1.18. The lowest BCUT2D eigenvalue weighted by Crippen LogP contribution is -2.26. The van der Waals surface area contributed by atoms with Crippen LogP contribution in [0.3, 0.4) is 0 Å². The molecule has 100 valence electrons. The third-order valence-electron chi connectivity index (χ3n) is 2.80. The molecule has 0 aliphatic rings. The Morgan fingerprint density at radius 2 is 1.89 bits per heavy atom. The fourth-order valence-electron chi connectivity index (χ4n) is 1.80. The predicted octanol–water partition coefficient (Wildman–Crippen LogP) is 3.52. The van der Waals surface area contributed by atoms with Gasteiger partial charge in [-0.3, -0.25) is 4.98 Å². The second-order valence-electron chi connectivity index (χ2n) is 4.18. The summed E-state index contributed by atoms with van der Waals surface area (Å²) in [6.07, 6.45) is 2.09. The molecule has 0 aliphatic heterocycles. The molecule has 1 heterocycles. The molecule has 1 aromatic carbocycles. The fourth-order valence-corrected chi connectivity index (χ4v) is 2.13. The standard InChI is InChI=1S/C13H9BrF3NO/c1-13(19,7-4-8(15)6-18-5-7)11-10(16)3-2-9(14)12(11)17/h2-6,19H,1H3. The minimum Gasteiger partial charge on any atom is -0.380 e. The van der Waals surface area contributed by atoms with Crippen molar-refractivity contribution in [3.05, 3.63) is 63.6 Å². The summed E-state index contributed by atoms with van der Waals surface area (Å²) in [7, 11) is 0. The number of hydrogen-bond donors (Lipinski definition) is 1. The van der Waals surface area contributed by atoms with E-state index in [0.717, 1.165) is 24.5 Å². The summed E-state index contributed by atoms with van der Waals surface area (Å²) < 4.78 is 40.9. The molecule has 0 bridgehead atoms. The van der Waals surface area contributed by atoms with Crippen LogP contribution in [-0.4, -0.2) is 10.1 Å². The van der Waals surface area contributed by atoms with E-state index in [4.69, 9.17) is 0 Å². The molecule has 0 amide bonds. The van der Waals surface area contributed by atoms with Crippen molar-refractivity contribution in [2.24, 2.45) is 0 Å². The van der Waals surface area contributed by atoms with Gasteiger partial charge in [0, 0.05) is 11.8 Å². The molecule has 1 N–H and O–H groups in total. The van der Waals surface area contributed by atoms with E-state index in [2.05, 4.69) is 20.9 Å². The van der Waals surface area contributed by atoms with E-state index in [9.17, 15) is 18.3 Å². The smallest absolute Gasteiger partial charge is 0.146 e. The van der Waals surface area contributed by atoms with E-state index in [1.807, 2.05) is 0 Å². The average molecular weight is 332 g/mol. The van der Waals surface area contributed by atoms with Crippen molar-refractivity contribution in [3.63, 3.8) is 0 Å². The minimum absolute atomic E-state index is 0.00790. The van der Waals surface area contributed by atoms with Crippen LogP contribution < -0.4 is 0 Å². The van der Waals surface area contributed by atoms with Gasteiger partial charge in [-0.15, -0.1) is 0 Å². The molecule has 2 nitrogen and oxygen atoms in total. The molecule has 0 spiro atoms. The lowest BCUT2D eigenvalue weighted by Gasteiger charge is -2.25. The minimum atomic E-state index is -2.03. The number of hydrogen-bond acceptors (Lipinski definition) is 2. The second kappa shape index (κ2) is 4.94. The molecule has 0 radical (unpaired) electrons. The molecule has 19 heavy (non-hydrogen) atoms. The normalized spacial score (nSPS) is 14.2. The first-order valence-electron chi connectivity index (χ1n) is 5.31. The SMILES string of the molecule is CC(O)(c1cncc(F)c1)c1c(F)ccc(Br)c1F. The lowest BCUT2D eigenvalue weighted by molar-refractivity contribution is 0.0924. The maximum absolute atomic E-state index is 14.0. The van der Waals surface area contributed by atoms with Gasteiger partial charge in [0.15, 0.2) is 0 Å². The van der Waals surface area contributed by atoms with E-state index < -0.39 is 28.6 Å². The van der Waals surface area contributed by atoms with E-state index in [-0.39, 0.29) is 10.0 Å². The highest BCUT2D eigenvalue weighted by atomic mass is 79.9. The van der Waals surface area contributed by atoms with Gasteiger partial charge in [-0.05, 0) is 41.1 Å². The number of aliphatic hydroxyl groups is 1. The Bertz CT molecular complexity index is 631. The summed E-state index contributed by atoms with van der Waals surface area (Å²) in [5, 5.41) is 10.4. The third-order valence-corrected chi connectivity index (χ3v) is 3.41. The first-order valence-corrected chi connectivity index (χ1v) is 6.10. The molecule has 0 aliphatic carbocycles. The highest BCUT2D eigenvalue weighted by molar-refractivity contribution is 9.10. The van der Waals surface area contributed by atoms with Gasteiger partial charge in [-0.2, -0.15) is 0 Å². The Morgan fingerprint density at radius 1 is 1.21 bits per heavy atom. The number of pyridine rings is 1. The molecule has 1 aromatic heterocycles. The van der Waals surface area contributed by atoms with Crippen LogP contribution >= 0.6 is 15.9 Å². The molecule has 2 rings (SSSR count). The van der Waals surface area contributed by atoms with Crippen molar-refractivity contribution in [1.82, 2.24) is 4.98 Å². The fraction of sp³-hybridized carbons (Fsp3) is 0.154.